The number of rotatable bonds is 5. The fourth-order valence-electron chi connectivity index (χ4n) is 3.99. The molecule has 0 heterocycles. The molecule has 1 aliphatic carbocycles. The van der Waals surface area contributed by atoms with Crippen LogP contribution in [0, 0.1) is 23.2 Å². The van der Waals surface area contributed by atoms with Gasteiger partial charge in [0.25, 0.3) is 0 Å². The Morgan fingerprint density at radius 2 is 1.76 bits per heavy atom. The van der Waals surface area contributed by atoms with Crippen LogP contribution in [0.2, 0.25) is 0 Å². The Bertz CT molecular complexity index is 404. The molecule has 0 bridgehead atoms. The first-order valence-electron chi connectivity index (χ1n) is 8.74. The standard InChI is InChI=1S/C20H33N/c1-20(2,3)19-13-12-18(15-21)17(14-19)11-7-10-16-8-5-4-6-9-16/h4-6,8-9,17-19H,7,10-15,21H2,1-3H3. The van der Waals surface area contributed by atoms with E-state index in [1.807, 2.05) is 0 Å². The summed E-state index contributed by atoms with van der Waals surface area (Å²) >= 11 is 0. The fraction of sp³-hybridized carbons (Fsp3) is 0.700. The van der Waals surface area contributed by atoms with Gasteiger partial charge in [-0.2, -0.15) is 0 Å². The van der Waals surface area contributed by atoms with Gasteiger partial charge >= 0.3 is 0 Å². The molecule has 0 saturated heterocycles. The molecule has 1 nitrogen and oxygen atoms in total. The van der Waals surface area contributed by atoms with E-state index >= 15 is 0 Å². The molecule has 0 aliphatic heterocycles. The van der Waals surface area contributed by atoms with Gasteiger partial charge in [0, 0.05) is 0 Å². The minimum absolute atomic E-state index is 0.456. The predicted octanol–water partition coefficient (Wildman–Crippen LogP) is 5.05. The molecule has 0 radical (unpaired) electrons. The van der Waals surface area contributed by atoms with Crippen molar-refractivity contribution in [1.29, 1.82) is 0 Å². The van der Waals surface area contributed by atoms with Gasteiger partial charge in [0.2, 0.25) is 0 Å². The minimum Gasteiger partial charge on any atom is -0.330 e. The van der Waals surface area contributed by atoms with E-state index in [1.54, 1.807) is 0 Å². The Balaban J connectivity index is 1.86. The zero-order valence-corrected chi connectivity index (χ0v) is 14.1. The summed E-state index contributed by atoms with van der Waals surface area (Å²) in [5.41, 5.74) is 7.96. The van der Waals surface area contributed by atoms with Crippen LogP contribution in [0.15, 0.2) is 30.3 Å². The number of hydrogen-bond acceptors (Lipinski definition) is 1. The maximum absolute atomic E-state index is 6.03. The fourth-order valence-corrected chi connectivity index (χ4v) is 3.99. The van der Waals surface area contributed by atoms with Crippen molar-refractivity contribution in [3.05, 3.63) is 35.9 Å². The maximum Gasteiger partial charge on any atom is -0.00462 e. The molecule has 1 saturated carbocycles. The highest BCUT2D eigenvalue weighted by molar-refractivity contribution is 5.14. The van der Waals surface area contributed by atoms with Crippen molar-refractivity contribution in [2.75, 3.05) is 6.54 Å². The van der Waals surface area contributed by atoms with Gasteiger partial charge in [0.1, 0.15) is 0 Å². The molecule has 21 heavy (non-hydrogen) atoms. The first-order chi connectivity index (χ1) is 10.0. The molecule has 3 unspecified atom stereocenters. The third kappa shape index (κ3) is 4.85. The highest BCUT2D eigenvalue weighted by Crippen LogP contribution is 2.44. The molecule has 1 aromatic carbocycles. The van der Waals surface area contributed by atoms with Crippen molar-refractivity contribution < 1.29 is 0 Å². The molecule has 1 aliphatic rings. The van der Waals surface area contributed by atoms with Crippen LogP contribution in [0.3, 0.4) is 0 Å². The lowest BCUT2D eigenvalue weighted by atomic mass is 9.64. The van der Waals surface area contributed by atoms with Crippen molar-refractivity contribution in [3.8, 4) is 0 Å². The normalized spacial score (nSPS) is 26.8. The molecular formula is C20H33N. The van der Waals surface area contributed by atoms with E-state index in [0.717, 1.165) is 24.3 Å². The van der Waals surface area contributed by atoms with Crippen LogP contribution in [0.25, 0.3) is 0 Å². The van der Waals surface area contributed by atoms with E-state index in [0.29, 0.717) is 5.41 Å². The van der Waals surface area contributed by atoms with Crippen molar-refractivity contribution in [2.24, 2.45) is 28.9 Å². The Morgan fingerprint density at radius 3 is 2.38 bits per heavy atom. The molecule has 1 aromatic rings. The minimum atomic E-state index is 0.456. The third-order valence-corrected chi connectivity index (χ3v) is 5.55. The predicted molar refractivity (Wildman–Crippen MR) is 92.2 cm³/mol. The van der Waals surface area contributed by atoms with Crippen molar-refractivity contribution in [1.82, 2.24) is 0 Å². The first kappa shape index (κ1) is 16.5. The summed E-state index contributed by atoms with van der Waals surface area (Å²) in [7, 11) is 0. The summed E-state index contributed by atoms with van der Waals surface area (Å²) < 4.78 is 0. The van der Waals surface area contributed by atoms with Gasteiger partial charge < -0.3 is 5.73 Å². The highest BCUT2D eigenvalue weighted by atomic mass is 14.6. The second-order valence-corrected chi connectivity index (χ2v) is 8.01. The highest BCUT2D eigenvalue weighted by Gasteiger charge is 2.34. The molecule has 118 valence electrons. The average Bonchev–Trinajstić information content (AvgIpc) is 2.47. The Labute approximate surface area is 131 Å². The SMILES string of the molecule is CC(C)(C)C1CCC(CN)C(CCCc2ccccc2)C1. The second kappa shape index (κ2) is 7.45. The topological polar surface area (TPSA) is 26.0 Å². The maximum atomic E-state index is 6.03. The van der Waals surface area contributed by atoms with E-state index in [1.165, 1.54) is 44.1 Å². The molecule has 1 heteroatoms. The Hall–Kier alpha value is -0.820. The monoisotopic (exact) mass is 287 g/mol. The lowest BCUT2D eigenvalue weighted by Gasteiger charge is -2.41. The number of hydrogen-bond donors (Lipinski definition) is 1. The second-order valence-electron chi connectivity index (χ2n) is 8.01. The zero-order valence-electron chi connectivity index (χ0n) is 14.1. The molecule has 0 amide bonds. The molecule has 0 spiro atoms. The smallest absolute Gasteiger partial charge is 0.00462 e. The van der Waals surface area contributed by atoms with Gasteiger partial charge in [-0.15, -0.1) is 0 Å². The number of nitrogens with two attached hydrogens (primary N) is 1. The van der Waals surface area contributed by atoms with Gasteiger partial charge in [-0.3, -0.25) is 0 Å². The lowest BCUT2D eigenvalue weighted by molar-refractivity contribution is 0.0954. The van der Waals surface area contributed by atoms with Gasteiger partial charge in [-0.25, -0.2) is 0 Å². The van der Waals surface area contributed by atoms with Crippen LogP contribution in [0.1, 0.15) is 58.4 Å². The summed E-state index contributed by atoms with van der Waals surface area (Å²) in [6.07, 6.45) is 7.98. The summed E-state index contributed by atoms with van der Waals surface area (Å²) in [6.45, 7) is 8.09. The van der Waals surface area contributed by atoms with Gasteiger partial charge in [-0.05, 0) is 73.8 Å². The van der Waals surface area contributed by atoms with E-state index < -0.39 is 0 Å². The van der Waals surface area contributed by atoms with Crippen molar-refractivity contribution >= 4 is 0 Å². The van der Waals surface area contributed by atoms with Gasteiger partial charge in [0.05, 0.1) is 0 Å². The summed E-state index contributed by atoms with van der Waals surface area (Å²) in [4.78, 5) is 0. The van der Waals surface area contributed by atoms with Crippen LogP contribution in [-0.2, 0) is 6.42 Å². The quantitative estimate of drug-likeness (QED) is 0.806. The van der Waals surface area contributed by atoms with E-state index in [-0.39, 0.29) is 0 Å². The zero-order chi connectivity index (χ0) is 15.3. The molecule has 3 atom stereocenters. The summed E-state index contributed by atoms with van der Waals surface area (Å²) in [5.74, 6) is 2.48. The van der Waals surface area contributed by atoms with Gasteiger partial charge in [-0.1, -0.05) is 51.1 Å². The summed E-state index contributed by atoms with van der Waals surface area (Å²) in [6, 6.07) is 10.9. The van der Waals surface area contributed by atoms with Crippen LogP contribution in [0.4, 0.5) is 0 Å². The Kier molecular flexibility index (Phi) is 5.87. The van der Waals surface area contributed by atoms with Crippen LogP contribution < -0.4 is 5.73 Å². The van der Waals surface area contributed by atoms with E-state index in [9.17, 15) is 0 Å². The molecule has 2 rings (SSSR count). The van der Waals surface area contributed by atoms with Crippen LogP contribution >= 0.6 is 0 Å². The van der Waals surface area contributed by atoms with E-state index in [4.69, 9.17) is 5.73 Å². The molecule has 0 aromatic heterocycles. The number of benzene rings is 1. The third-order valence-electron chi connectivity index (χ3n) is 5.55. The van der Waals surface area contributed by atoms with Crippen molar-refractivity contribution in [2.45, 2.75) is 59.3 Å². The average molecular weight is 287 g/mol. The molecular weight excluding hydrogens is 254 g/mol. The van der Waals surface area contributed by atoms with E-state index in [2.05, 4.69) is 51.1 Å². The molecule has 2 N–H and O–H groups in total. The van der Waals surface area contributed by atoms with Crippen LogP contribution in [-0.4, -0.2) is 6.54 Å². The Morgan fingerprint density at radius 1 is 1.05 bits per heavy atom. The first-order valence-corrected chi connectivity index (χ1v) is 8.74. The van der Waals surface area contributed by atoms with Crippen LogP contribution in [0.5, 0.6) is 0 Å². The summed E-state index contributed by atoms with van der Waals surface area (Å²) in [5, 5.41) is 0. The largest absolute Gasteiger partial charge is 0.330 e. The lowest BCUT2D eigenvalue weighted by Crippen LogP contribution is -2.35. The molecule has 1 fully saturated rings. The van der Waals surface area contributed by atoms with Crippen molar-refractivity contribution in [3.63, 3.8) is 0 Å². The number of aryl methyl sites for hydroxylation is 1. The van der Waals surface area contributed by atoms with Gasteiger partial charge in [0.15, 0.2) is 0 Å².